The fourth-order valence-corrected chi connectivity index (χ4v) is 4.51. The molecular formula is C28H28N8O4. The maximum atomic E-state index is 11.9. The van der Waals surface area contributed by atoms with Gasteiger partial charge in [0.1, 0.15) is 29.1 Å². The van der Waals surface area contributed by atoms with Crippen LogP contribution in [0.15, 0.2) is 66.7 Å². The van der Waals surface area contributed by atoms with E-state index in [1.807, 2.05) is 42.5 Å². The highest BCUT2D eigenvalue weighted by atomic mass is 16.5. The van der Waals surface area contributed by atoms with Crippen LogP contribution in [0.4, 0.5) is 11.9 Å². The summed E-state index contributed by atoms with van der Waals surface area (Å²) in [5, 5.41) is 0. The molecule has 8 N–H and O–H groups in total. The van der Waals surface area contributed by atoms with E-state index in [1.165, 1.54) is 7.11 Å². The minimum absolute atomic E-state index is 0.249. The Morgan fingerprint density at radius 2 is 1.30 bits per heavy atom. The Labute approximate surface area is 228 Å². The molecule has 12 heteroatoms. The van der Waals surface area contributed by atoms with Crippen molar-refractivity contribution in [1.29, 1.82) is 0 Å². The van der Waals surface area contributed by atoms with E-state index in [4.69, 9.17) is 32.4 Å². The van der Waals surface area contributed by atoms with Gasteiger partial charge in [-0.1, -0.05) is 42.5 Å². The Balaban J connectivity index is 1.44. The molecule has 0 saturated carbocycles. The van der Waals surface area contributed by atoms with Gasteiger partial charge in [-0.15, -0.1) is 0 Å². The summed E-state index contributed by atoms with van der Waals surface area (Å²) in [4.78, 5) is 32.4. The lowest BCUT2D eigenvalue weighted by Crippen LogP contribution is -2.11. The molecule has 0 unspecified atom stereocenters. The summed E-state index contributed by atoms with van der Waals surface area (Å²) < 4.78 is 15.1. The second kappa shape index (κ2) is 10.7. The van der Waals surface area contributed by atoms with Crippen LogP contribution >= 0.6 is 0 Å². The molecule has 5 aromatic rings. The van der Waals surface area contributed by atoms with Crippen molar-refractivity contribution in [2.24, 2.45) is 11.5 Å². The molecule has 0 spiro atoms. The number of nitrogens with two attached hydrogens (primary N) is 4. The van der Waals surface area contributed by atoms with Crippen molar-refractivity contribution < 1.29 is 19.1 Å². The van der Waals surface area contributed by atoms with Crippen LogP contribution in [0.2, 0.25) is 0 Å². The van der Waals surface area contributed by atoms with Crippen molar-refractivity contribution >= 4 is 45.8 Å². The lowest BCUT2D eigenvalue weighted by atomic mass is 10.1. The van der Waals surface area contributed by atoms with Crippen molar-refractivity contribution in [2.75, 3.05) is 18.6 Å². The first kappa shape index (κ1) is 26.1. The number of ether oxygens (including phenoxy) is 2. The number of hydrogen-bond acceptors (Lipinski definition) is 8. The highest BCUT2D eigenvalue weighted by Crippen LogP contribution is 2.31. The Morgan fingerprint density at radius 1 is 0.800 bits per heavy atom. The highest BCUT2D eigenvalue weighted by Gasteiger charge is 2.18. The van der Waals surface area contributed by atoms with Gasteiger partial charge in [0.15, 0.2) is 0 Å². The van der Waals surface area contributed by atoms with E-state index < -0.39 is 11.8 Å². The Morgan fingerprint density at radius 3 is 1.80 bits per heavy atom. The number of imidazole rings is 2. The van der Waals surface area contributed by atoms with Gasteiger partial charge < -0.3 is 41.5 Å². The van der Waals surface area contributed by atoms with Crippen LogP contribution in [0.5, 0.6) is 11.5 Å². The average molecular weight is 541 g/mol. The van der Waals surface area contributed by atoms with Crippen molar-refractivity contribution in [3.63, 3.8) is 0 Å². The number of allylic oxidation sites excluding steroid dienone is 2. The second-order valence-electron chi connectivity index (χ2n) is 9.02. The van der Waals surface area contributed by atoms with E-state index in [0.717, 1.165) is 5.56 Å². The number of carbonyl (C=O) groups excluding carboxylic acids is 2. The number of methoxy groups -OCH3 is 1. The number of anilines is 2. The molecule has 3 aromatic carbocycles. The van der Waals surface area contributed by atoms with Crippen LogP contribution in [-0.2, 0) is 19.7 Å². The topological polar surface area (TPSA) is 192 Å². The molecule has 2 aromatic heterocycles. The van der Waals surface area contributed by atoms with Gasteiger partial charge in [-0.25, -0.2) is 9.97 Å². The molecule has 204 valence electrons. The van der Waals surface area contributed by atoms with E-state index in [9.17, 15) is 9.59 Å². The zero-order chi connectivity index (χ0) is 28.4. The summed E-state index contributed by atoms with van der Waals surface area (Å²) in [5.41, 5.74) is 27.2. The summed E-state index contributed by atoms with van der Waals surface area (Å²) in [7, 11) is 1.50. The summed E-state index contributed by atoms with van der Waals surface area (Å²) >= 11 is 0. The SMILES string of the molecule is COc1cc(C(N)=O)cc2nc(N)n(CC=CCn3c(N)nc4cc(C(N)=O)cc(OCc5ccccc5)c43)c12. The summed E-state index contributed by atoms with van der Waals surface area (Å²) in [6.07, 6.45) is 3.79. The fraction of sp³-hybridized carbons (Fsp3) is 0.143. The summed E-state index contributed by atoms with van der Waals surface area (Å²) in [6, 6.07) is 16.0. The van der Waals surface area contributed by atoms with Gasteiger partial charge in [-0.2, -0.15) is 0 Å². The number of carbonyl (C=O) groups is 2. The zero-order valence-electron chi connectivity index (χ0n) is 21.7. The number of amides is 2. The molecule has 5 rings (SSSR count). The van der Waals surface area contributed by atoms with Crippen molar-refractivity contribution in [1.82, 2.24) is 19.1 Å². The first-order valence-corrected chi connectivity index (χ1v) is 12.3. The van der Waals surface area contributed by atoms with Gasteiger partial charge in [0.25, 0.3) is 0 Å². The normalized spacial score (nSPS) is 11.4. The van der Waals surface area contributed by atoms with Gasteiger partial charge >= 0.3 is 0 Å². The predicted molar refractivity (Wildman–Crippen MR) is 152 cm³/mol. The monoisotopic (exact) mass is 540 g/mol. The minimum atomic E-state index is -0.594. The van der Waals surface area contributed by atoms with Crippen molar-refractivity contribution in [2.45, 2.75) is 19.7 Å². The second-order valence-corrected chi connectivity index (χ2v) is 9.02. The van der Waals surface area contributed by atoms with E-state index in [-0.39, 0.29) is 29.6 Å². The van der Waals surface area contributed by atoms with Crippen LogP contribution in [0.1, 0.15) is 26.3 Å². The van der Waals surface area contributed by atoms with E-state index >= 15 is 0 Å². The molecule has 0 radical (unpaired) electrons. The molecule has 0 saturated heterocycles. The molecule has 2 amide bonds. The zero-order valence-corrected chi connectivity index (χ0v) is 21.7. The number of primary amides is 2. The molecule has 0 bridgehead atoms. The smallest absolute Gasteiger partial charge is 0.248 e. The molecule has 2 heterocycles. The number of rotatable bonds is 10. The summed E-state index contributed by atoms with van der Waals surface area (Å²) in [6.45, 7) is 1.01. The number of fused-ring (bicyclic) bond motifs is 2. The van der Waals surface area contributed by atoms with Crippen LogP contribution in [-0.4, -0.2) is 38.0 Å². The number of benzene rings is 3. The van der Waals surface area contributed by atoms with E-state index in [0.29, 0.717) is 46.7 Å². The van der Waals surface area contributed by atoms with E-state index in [1.54, 1.807) is 33.4 Å². The van der Waals surface area contributed by atoms with Gasteiger partial charge in [0.2, 0.25) is 23.7 Å². The molecular weight excluding hydrogens is 512 g/mol. The van der Waals surface area contributed by atoms with Gasteiger partial charge in [0, 0.05) is 24.2 Å². The van der Waals surface area contributed by atoms with Crippen LogP contribution < -0.4 is 32.4 Å². The first-order chi connectivity index (χ1) is 19.3. The number of aromatic nitrogens is 4. The van der Waals surface area contributed by atoms with Crippen LogP contribution in [0, 0.1) is 0 Å². The highest BCUT2D eigenvalue weighted by molar-refractivity contribution is 5.99. The van der Waals surface area contributed by atoms with Crippen molar-refractivity contribution in [3.8, 4) is 11.5 Å². The van der Waals surface area contributed by atoms with Crippen LogP contribution in [0.25, 0.3) is 22.1 Å². The Kier molecular flexibility index (Phi) is 6.98. The minimum Gasteiger partial charge on any atom is -0.494 e. The lowest BCUT2D eigenvalue weighted by Gasteiger charge is -2.12. The van der Waals surface area contributed by atoms with Crippen molar-refractivity contribution in [3.05, 3.63) is 83.4 Å². The molecule has 40 heavy (non-hydrogen) atoms. The van der Waals surface area contributed by atoms with Gasteiger partial charge in [-0.05, 0) is 29.8 Å². The third-order valence-electron chi connectivity index (χ3n) is 6.44. The largest absolute Gasteiger partial charge is 0.494 e. The average Bonchev–Trinajstić information content (AvgIpc) is 3.44. The number of nitrogens with zero attached hydrogens (tertiary/aromatic N) is 4. The quantitative estimate of drug-likeness (QED) is 0.194. The molecule has 0 fully saturated rings. The maximum Gasteiger partial charge on any atom is 0.248 e. The predicted octanol–water partition coefficient (Wildman–Crippen LogP) is 2.59. The van der Waals surface area contributed by atoms with Gasteiger partial charge in [-0.3, -0.25) is 9.59 Å². The molecule has 12 nitrogen and oxygen atoms in total. The maximum absolute atomic E-state index is 11.9. The molecule has 0 aliphatic rings. The number of nitrogen functional groups attached to an aromatic ring is 2. The standard InChI is InChI=1S/C28H28N8O4/c1-39-21-13-17(25(29)37)11-19-23(21)35(27(31)33-19)9-5-6-10-36-24-20(34-28(36)32)12-18(26(30)38)14-22(24)40-15-16-7-3-2-4-8-16/h2-8,11-14H,9-10,15H2,1H3,(H2,29,37)(H2,30,38)(H2,31,33)(H2,32,34). The van der Waals surface area contributed by atoms with Crippen LogP contribution in [0.3, 0.4) is 0 Å². The molecule has 0 atom stereocenters. The Bertz CT molecular complexity index is 1770. The Hall–Kier alpha value is -5.52. The fourth-order valence-electron chi connectivity index (χ4n) is 4.51. The first-order valence-electron chi connectivity index (χ1n) is 12.3. The van der Waals surface area contributed by atoms with Gasteiger partial charge in [0.05, 0.1) is 18.1 Å². The third kappa shape index (κ3) is 4.97. The lowest BCUT2D eigenvalue weighted by molar-refractivity contribution is 0.0991. The summed E-state index contributed by atoms with van der Waals surface area (Å²) in [5.74, 6) is 0.185. The number of hydrogen-bond donors (Lipinski definition) is 4. The molecule has 0 aliphatic heterocycles. The van der Waals surface area contributed by atoms with E-state index in [2.05, 4.69) is 9.97 Å². The molecule has 0 aliphatic carbocycles. The third-order valence-corrected chi connectivity index (χ3v) is 6.44.